The van der Waals surface area contributed by atoms with E-state index in [2.05, 4.69) is 10.3 Å². The summed E-state index contributed by atoms with van der Waals surface area (Å²) in [5.74, 6) is -2.70. The normalized spacial score (nSPS) is 19.0. The molecule has 2 heterocycles. The van der Waals surface area contributed by atoms with Crippen molar-refractivity contribution < 1.29 is 41.0 Å². The van der Waals surface area contributed by atoms with E-state index >= 15 is 0 Å². The Morgan fingerprint density at radius 2 is 1.90 bits per heavy atom. The SMILES string of the molecule is COc1cc(C(=O)NC[C@@H](C)c2cc3c(c(-c4ccc(F)c(F)c4)n2)OC[C@@]3(N)C(F)(F)F)ccc1OC1CC1. The molecule has 3 N–H and O–H groups in total. The van der Waals surface area contributed by atoms with Crippen LogP contribution in [0.5, 0.6) is 17.2 Å². The van der Waals surface area contributed by atoms with Crippen molar-refractivity contribution in [1.29, 1.82) is 0 Å². The van der Waals surface area contributed by atoms with Crippen molar-refractivity contribution in [2.45, 2.75) is 43.5 Å². The quantitative estimate of drug-likeness (QED) is 0.365. The van der Waals surface area contributed by atoms with Crippen LogP contribution in [-0.4, -0.2) is 43.4 Å². The predicted molar refractivity (Wildman–Crippen MR) is 134 cm³/mol. The molecular formula is C28H26F5N3O4. The van der Waals surface area contributed by atoms with E-state index in [1.807, 2.05) is 0 Å². The van der Waals surface area contributed by atoms with Crippen molar-refractivity contribution in [2.75, 3.05) is 20.3 Å². The zero-order chi connectivity index (χ0) is 28.8. The number of nitrogens with two attached hydrogens (primary N) is 1. The van der Waals surface area contributed by atoms with Crippen molar-refractivity contribution in [2.24, 2.45) is 5.73 Å². The zero-order valence-corrected chi connectivity index (χ0v) is 21.6. The van der Waals surface area contributed by atoms with Gasteiger partial charge in [0.05, 0.1) is 13.2 Å². The number of pyridine rings is 1. The lowest BCUT2D eigenvalue weighted by Gasteiger charge is -2.26. The van der Waals surface area contributed by atoms with Gasteiger partial charge in [-0.1, -0.05) is 6.92 Å². The van der Waals surface area contributed by atoms with E-state index < -0.39 is 41.8 Å². The van der Waals surface area contributed by atoms with Crippen LogP contribution in [0.2, 0.25) is 0 Å². The van der Waals surface area contributed by atoms with Crippen LogP contribution in [0, 0.1) is 11.6 Å². The summed E-state index contributed by atoms with van der Waals surface area (Å²) in [6.07, 6.45) is -2.81. The molecule has 212 valence electrons. The van der Waals surface area contributed by atoms with Gasteiger partial charge < -0.3 is 25.3 Å². The fraction of sp³-hybridized carbons (Fsp3) is 0.357. The summed E-state index contributed by atoms with van der Waals surface area (Å²) in [7, 11) is 1.46. The lowest BCUT2D eigenvalue weighted by Crippen LogP contribution is -2.51. The Hall–Kier alpha value is -3.93. The Kier molecular flexibility index (Phi) is 7.07. The van der Waals surface area contributed by atoms with E-state index in [1.54, 1.807) is 19.1 Å². The first-order valence-corrected chi connectivity index (χ1v) is 12.5. The number of aromatic nitrogens is 1. The third kappa shape index (κ3) is 5.15. The van der Waals surface area contributed by atoms with Gasteiger partial charge >= 0.3 is 6.18 Å². The first kappa shape index (κ1) is 27.6. The molecular weight excluding hydrogens is 537 g/mol. The Balaban J connectivity index is 1.42. The van der Waals surface area contributed by atoms with E-state index in [-0.39, 0.29) is 40.9 Å². The summed E-state index contributed by atoms with van der Waals surface area (Å²) in [5.41, 5.74) is 2.92. The Bertz CT molecular complexity index is 1460. The lowest BCUT2D eigenvalue weighted by molar-refractivity contribution is -0.191. The minimum absolute atomic E-state index is 0.00503. The number of nitrogens with zero attached hydrogens (tertiary/aromatic N) is 1. The average Bonchev–Trinajstić information content (AvgIpc) is 3.67. The zero-order valence-electron chi connectivity index (χ0n) is 21.6. The summed E-state index contributed by atoms with van der Waals surface area (Å²) in [6, 6.07) is 8.81. The molecule has 1 aromatic heterocycles. The van der Waals surface area contributed by atoms with Gasteiger partial charge in [-0.15, -0.1) is 0 Å². The summed E-state index contributed by atoms with van der Waals surface area (Å²) in [4.78, 5) is 17.3. The Labute approximate surface area is 226 Å². The highest BCUT2D eigenvalue weighted by Gasteiger charge is 2.59. The Morgan fingerprint density at radius 3 is 2.55 bits per heavy atom. The number of hydrogen-bond donors (Lipinski definition) is 2. The largest absolute Gasteiger partial charge is 0.493 e. The van der Waals surface area contributed by atoms with Gasteiger partial charge in [-0.3, -0.25) is 4.79 Å². The summed E-state index contributed by atoms with van der Waals surface area (Å²) >= 11 is 0. The second-order valence-corrected chi connectivity index (χ2v) is 9.95. The van der Waals surface area contributed by atoms with Gasteiger partial charge in [0.2, 0.25) is 0 Å². The van der Waals surface area contributed by atoms with Gasteiger partial charge in [0.15, 0.2) is 34.4 Å². The number of carbonyl (C=O) groups excluding carboxylic acids is 1. The van der Waals surface area contributed by atoms with Crippen molar-refractivity contribution in [1.82, 2.24) is 10.3 Å². The highest BCUT2D eigenvalue weighted by Crippen LogP contribution is 2.49. The van der Waals surface area contributed by atoms with Gasteiger partial charge in [-0.25, -0.2) is 13.8 Å². The first-order valence-electron chi connectivity index (χ1n) is 12.5. The number of hydrogen-bond acceptors (Lipinski definition) is 6. The third-order valence-electron chi connectivity index (χ3n) is 6.93. The van der Waals surface area contributed by atoms with Crippen molar-refractivity contribution in [3.05, 3.63) is 70.9 Å². The van der Waals surface area contributed by atoms with Crippen LogP contribution < -0.4 is 25.3 Å². The maximum atomic E-state index is 14.0. The van der Waals surface area contributed by atoms with E-state index in [0.717, 1.165) is 25.0 Å². The highest BCUT2D eigenvalue weighted by atomic mass is 19.4. The van der Waals surface area contributed by atoms with Crippen LogP contribution in [0.4, 0.5) is 22.0 Å². The smallest absolute Gasteiger partial charge is 0.414 e. The molecule has 2 aliphatic rings. The predicted octanol–water partition coefficient (Wildman–Crippen LogP) is 5.22. The fourth-order valence-electron chi connectivity index (χ4n) is 4.34. The van der Waals surface area contributed by atoms with Crippen molar-refractivity contribution in [3.8, 4) is 28.5 Å². The minimum Gasteiger partial charge on any atom is -0.493 e. The first-order chi connectivity index (χ1) is 18.9. The highest BCUT2D eigenvalue weighted by molar-refractivity contribution is 5.95. The number of fused-ring (bicyclic) bond motifs is 1. The number of methoxy groups -OCH3 is 1. The molecule has 0 radical (unpaired) electrons. The second-order valence-electron chi connectivity index (χ2n) is 9.95. The molecule has 1 aliphatic carbocycles. The molecule has 1 saturated carbocycles. The van der Waals surface area contributed by atoms with Crippen LogP contribution in [0.1, 0.15) is 47.3 Å². The maximum Gasteiger partial charge on any atom is 0.414 e. The van der Waals surface area contributed by atoms with Gasteiger partial charge in [0.25, 0.3) is 5.91 Å². The molecule has 2 atom stereocenters. The van der Waals surface area contributed by atoms with Crippen LogP contribution in [0.3, 0.4) is 0 Å². The number of benzene rings is 2. The van der Waals surface area contributed by atoms with E-state index in [0.29, 0.717) is 17.1 Å². The third-order valence-corrected chi connectivity index (χ3v) is 6.93. The topological polar surface area (TPSA) is 95.7 Å². The number of carbonyl (C=O) groups is 1. The van der Waals surface area contributed by atoms with E-state index in [9.17, 15) is 26.7 Å². The van der Waals surface area contributed by atoms with Crippen LogP contribution in [0.25, 0.3) is 11.3 Å². The summed E-state index contributed by atoms with van der Waals surface area (Å²) < 4.78 is 86.0. The molecule has 5 rings (SSSR count). The van der Waals surface area contributed by atoms with Crippen LogP contribution in [0.15, 0.2) is 42.5 Å². The summed E-state index contributed by atoms with van der Waals surface area (Å²) in [5, 5.41) is 2.75. The molecule has 0 bridgehead atoms. The van der Waals surface area contributed by atoms with Gasteiger partial charge in [-0.2, -0.15) is 13.2 Å². The molecule has 3 aromatic rings. The molecule has 1 amide bonds. The number of nitrogens with one attached hydrogen (secondary N) is 1. The molecule has 0 unspecified atom stereocenters. The van der Waals surface area contributed by atoms with Crippen molar-refractivity contribution >= 4 is 5.91 Å². The average molecular weight is 564 g/mol. The molecule has 2 aromatic carbocycles. The molecule has 40 heavy (non-hydrogen) atoms. The standard InChI is InChI=1S/C28H26F5N3O4/c1-14(12-35-26(37)16-4-8-22(23(10-16)38-2)40-17-5-6-17)21-11-18-25(39-13-27(18,34)28(31,32)33)24(36-21)15-3-7-19(29)20(30)9-15/h3-4,7-11,14,17H,5-6,12-13,34H2,1-2H3,(H,35,37)/t14-,27+/m1/s1. The van der Waals surface area contributed by atoms with Gasteiger partial charge in [0, 0.05) is 34.8 Å². The Morgan fingerprint density at radius 1 is 1.15 bits per heavy atom. The van der Waals surface area contributed by atoms with E-state index in [1.165, 1.54) is 25.3 Å². The van der Waals surface area contributed by atoms with Gasteiger partial charge in [-0.05, 0) is 55.3 Å². The number of halogens is 5. The maximum absolute atomic E-state index is 14.0. The molecule has 12 heteroatoms. The van der Waals surface area contributed by atoms with Gasteiger partial charge in [0.1, 0.15) is 12.3 Å². The lowest BCUT2D eigenvalue weighted by atomic mass is 9.89. The number of alkyl halides is 3. The molecule has 7 nitrogen and oxygen atoms in total. The molecule has 1 fully saturated rings. The number of rotatable bonds is 8. The van der Waals surface area contributed by atoms with Crippen molar-refractivity contribution in [3.63, 3.8) is 0 Å². The molecule has 0 spiro atoms. The van der Waals surface area contributed by atoms with E-state index in [4.69, 9.17) is 19.9 Å². The monoisotopic (exact) mass is 563 g/mol. The summed E-state index contributed by atoms with van der Waals surface area (Å²) in [6.45, 7) is 0.745. The van der Waals surface area contributed by atoms with Crippen LogP contribution in [-0.2, 0) is 5.54 Å². The fourth-order valence-corrected chi connectivity index (χ4v) is 4.34. The second kappa shape index (κ2) is 10.2. The molecule has 1 aliphatic heterocycles. The number of ether oxygens (including phenoxy) is 3. The van der Waals surface area contributed by atoms with Crippen LogP contribution >= 0.6 is 0 Å². The minimum atomic E-state index is -4.87. The number of amides is 1. The molecule has 0 saturated heterocycles.